The van der Waals surface area contributed by atoms with Crippen molar-refractivity contribution in [2.24, 2.45) is 0 Å². The summed E-state index contributed by atoms with van der Waals surface area (Å²) in [6, 6.07) is 2.74. The summed E-state index contributed by atoms with van der Waals surface area (Å²) in [5.74, 6) is 0. The van der Waals surface area contributed by atoms with Crippen LogP contribution in [-0.2, 0) is 13.1 Å². The molecule has 1 rings (SSSR count). The van der Waals surface area contributed by atoms with Gasteiger partial charge in [-0.05, 0) is 25.8 Å². The highest BCUT2D eigenvalue weighted by Gasteiger charge is 2.06. The molecule has 1 aromatic heterocycles. The van der Waals surface area contributed by atoms with Gasteiger partial charge in [0.1, 0.15) is 0 Å². The maximum absolute atomic E-state index is 4.26. The normalized spacial score (nSPS) is 13.0. The van der Waals surface area contributed by atoms with Crippen molar-refractivity contribution in [3.05, 3.63) is 18.0 Å². The van der Waals surface area contributed by atoms with E-state index in [1.54, 1.807) is 0 Å². The molecule has 86 valence electrons. The lowest BCUT2D eigenvalue weighted by Gasteiger charge is -2.16. The Morgan fingerprint density at radius 2 is 2.20 bits per heavy atom. The van der Waals surface area contributed by atoms with Crippen LogP contribution in [0.5, 0.6) is 0 Å². The molecule has 0 spiro atoms. The van der Waals surface area contributed by atoms with E-state index in [1.807, 2.05) is 10.9 Å². The molecule has 0 amide bonds. The zero-order valence-electron chi connectivity index (χ0n) is 10.2. The van der Waals surface area contributed by atoms with Crippen LogP contribution < -0.4 is 5.32 Å². The number of aryl methyl sites for hydroxylation is 1. The lowest BCUT2D eigenvalue weighted by molar-refractivity contribution is 0.449. The van der Waals surface area contributed by atoms with E-state index in [-0.39, 0.29) is 0 Å². The number of rotatable bonds is 7. The fourth-order valence-corrected chi connectivity index (χ4v) is 1.84. The largest absolute Gasteiger partial charge is 0.308 e. The Hall–Kier alpha value is -0.830. The molecule has 0 aromatic carbocycles. The van der Waals surface area contributed by atoms with Crippen molar-refractivity contribution in [3.63, 3.8) is 0 Å². The molecule has 15 heavy (non-hydrogen) atoms. The summed E-state index contributed by atoms with van der Waals surface area (Å²) in [5.41, 5.74) is 1.28. The minimum absolute atomic E-state index is 0.648. The average Bonchev–Trinajstić information content (AvgIpc) is 2.71. The first-order valence-corrected chi connectivity index (χ1v) is 6.05. The minimum atomic E-state index is 0.648. The summed E-state index contributed by atoms with van der Waals surface area (Å²) in [7, 11) is 0. The van der Waals surface area contributed by atoms with Crippen LogP contribution >= 0.6 is 0 Å². The van der Waals surface area contributed by atoms with Crippen molar-refractivity contribution in [1.82, 2.24) is 15.1 Å². The Balaban J connectivity index is 2.41. The molecule has 0 aliphatic heterocycles. The van der Waals surface area contributed by atoms with E-state index in [9.17, 15) is 0 Å². The first kappa shape index (κ1) is 12.2. The Morgan fingerprint density at radius 3 is 2.80 bits per heavy atom. The highest BCUT2D eigenvalue weighted by molar-refractivity contribution is 5.00. The fraction of sp³-hybridized carbons (Fsp3) is 0.750. The highest BCUT2D eigenvalue weighted by atomic mass is 15.3. The van der Waals surface area contributed by atoms with Crippen LogP contribution in [0, 0.1) is 0 Å². The van der Waals surface area contributed by atoms with Crippen LogP contribution in [0.4, 0.5) is 0 Å². The van der Waals surface area contributed by atoms with E-state index >= 15 is 0 Å². The minimum Gasteiger partial charge on any atom is -0.308 e. The third kappa shape index (κ3) is 3.67. The van der Waals surface area contributed by atoms with Crippen molar-refractivity contribution in [3.8, 4) is 0 Å². The summed E-state index contributed by atoms with van der Waals surface area (Å²) >= 11 is 0. The molecule has 0 fully saturated rings. The quantitative estimate of drug-likeness (QED) is 0.748. The van der Waals surface area contributed by atoms with Crippen molar-refractivity contribution in [1.29, 1.82) is 0 Å². The maximum atomic E-state index is 4.26. The van der Waals surface area contributed by atoms with Gasteiger partial charge in [-0.2, -0.15) is 5.10 Å². The van der Waals surface area contributed by atoms with Gasteiger partial charge in [0.2, 0.25) is 0 Å². The van der Waals surface area contributed by atoms with Gasteiger partial charge in [-0.1, -0.05) is 20.3 Å². The summed E-state index contributed by atoms with van der Waals surface area (Å²) in [4.78, 5) is 0. The van der Waals surface area contributed by atoms with Crippen LogP contribution in [0.3, 0.4) is 0 Å². The van der Waals surface area contributed by atoms with Gasteiger partial charge in [0.05, 0.1) is 5.69 Å². The SMILES string of the molecule is CCCC(CC)NCc1ccnn1CC. The molecule has 0 saturated heterocycles. The molecular formula is C12H23N3. The van der Waals surface area contributed by atoms with Crippen molar-refractivity contribution in [2.75, 3.05) is 0 Å². The van der Waals surface area contributed by atoms with Gasteiger partial charge < -0.3 is 5.32 Å². The number of nitrogens with one attached hydrogen (secondary N) is 1. The van der Waals surface area contributed by atoms with Gasteiger partial charge in [-0.15, -0.1) is 0 Å². The fourth-order valence-electron chi connectivity index (χ4n) is 1.84. The summed E-state index contributed by atoms with van der Waals surface area (Å²) in [6.45, 7) is 8.49. The predicted octanol–water partition coefficient (Wildman–Crippen LogP) is 2.57. The molecule has 0 aliphatic carbocycles. The molecule has 0 saturated carbocycles. The molecule has 1 N–H and O–H groups in total. The predicted molar refractivity (Wildman–Crippen MR) is 63.7 cm³/mol. The van der Waals surface area contributed by atoms with E-state index in [0.717, 1.165) is 13.1 Å². The average molecular weight is 209 g/mol. The van der Waals surface area contributed by atoms with Crippen LogP contribution in [0.1, 0.15) is 45.7 Å². The monoisotopic (exact) mass is 209 g/mol. The topological polar surface area (TPSA) is 29.9 Å². The molecule has 0 aliphatic rings. The molecule has 1 atom stereocenters. The number of hydrogen-bond acceptors (Lipinski definition) is 2. The van der Waals surface area contributed by atoms with Gasteiger partial charge in [-0.25, -0.2) is 0 Å². The summed E-state index contributed by atoms with van der Waals surface area (Å²) in [6.07, 6.45) is 5.59. The smallest absolute Gasteiger partial charge is 0.0522 e. The molecule has 1 aromatic rings. The van der Waals surface area contributed by atoms with Crippen molar-refractivity contribution in [2.45, 2.75) is 59.2 Å². The van der Waals surface area contributed by atoms with Crippen LogP contribution in [0.2, 0.25) is 0 Å². The lowest BCUT2D eigenvalue weighted by atomic mass is 10.1. The summed E-state index contributed by atoms with van der Waals surface area (Å²) in [5, 5.41) is 7.85. The van der Waals surface area contributed by atoms with Gasteiger partial charge in [0.15, 0.2) is 0 Å². The zero-order valence-corrected chi connectivity index (χ0v) is 10.2. The Labute approximate surface area is 92.9 Å². The van der Waals surface area contributed by atoms with Gasteiger partial charge in [0, 0.05) is 25.3 Å². The van der Waals surface area contributed by atoms with Crippen LogP contribution in [0.25, 0.3) is 0 Å². The van der Waals surface area contributed by atoms with E-state index in [2.05, 4.69) is 37.3 Å². The van der Waals surface area contributed by atoms with E-state index in [1.165, 1.54) is 25.0 Å². The van der Waals surface area contributed by atoms with Gasteiger partial charge >= 0.3 is 0 Å². The van der Waals surface area contributed by atoms with Crippen LogP contribution in [0.15, 0.2) is 12.3 Å². The maximum Gasteiger partial charge on any atom is 0.0522 e. The second kappa shape index (κ2) is 6.62. The molecule has 0 bridgehead atoms. The number of hydrogen-bond donors (Lipinski definition) is 1. The third-order valence-electron chi connectivity index (χ3n) is 2.81. The highest BCUT2D eigenvalue weighted by Crippen LogP contribution is 2.04. The van der Waals surface area contributed by atoms with E-state index < -0.39 is 0 Å². The molecule has 1 heterocycles. The molecule has 3 heteroatoms. The number of aromatic nitrogens is 2. The molecule has 0 radical (unpaired) electrons. The van der Waals surface area contributed by atoms with Crippen molar-refractivity contribution < 1.29 is 0 Å². The molecule has 1 unspecified atom stereocenters. The number of nitrogens with zero attached hydrogens (tertiary/aromatic N) is 2. The Kier molecular flexibility index (Phi) is 5.40. The Morgan fingerprint density at radius 1 is 1.40 bits per heavy atom. The first-order valence-electron chi connectivity index (χ1n) is 6.05. The third-order valence-corrected chi connectivity index (χ3v) is 2.81. The van der Waals surface area contributed by atoms with E-state index in [4.69, 9.17) is 0 Å². The van der Waals surface area contributed by atoms with Gasteiger partial charge in [-0.3, -0.25) is 4.68 Å². The molecule has 3 nitrogen and oxygen atoms in total. The zero-order chi connectivity index (χ0) is 11.1. The summed E-state index contributed by atoms with van der Waals surface area (Å²) < 4.78 is 2.05. The van der Waals surface area contributed by atoms with Crippen LogP contribution in [-0.4, -0.2) is 15.8 Å². The van der Waals surface area contributed by atoms with E-state index in [0.29, 0.717) is 6.04 Å². The van der Waals surface area contributed by atoms with Gasteiger partial charge in [0.25, 0.3) is 0 Å². The second-order valence-electron chi connectivity index (χ2n) is 3.91. The lowest BCUT2D eigenvalue weighted by Crippen LogP contribution is -2.28. The second-order valence-corrected chi connectivity index (χ2v) is 3.91. The Bertz CT molecular complexity index is 268. The molecular weight excluding hydrogens is 186 g/mol. The first-order chi connectivity index (χ1) is 7.31. The van der Waals surface area contributed by atoms with Crippen molar-refractivity contribution >= 4 is 0 Å². The standard InChI is InChI=1S/C12H23N3/c1-4-7-11(5-2)13-10-12-8-9-14-15(12)6-3/h8-9,11,13H,4-7,10H2,1-3H3.